The lowest BCUT2D eigenvalue weighted by Crippen LogP contribution is -2.49. The maximum atomic E-state index is 15.1. The minimum absolute atomic E-state index is 0.0246. The molecular formula is C27H37FN4O4. The van der Waals surface area contributed by atoms with Crippen LogP contribution in [0.3, 0.4) is 0 Å². The molecule has 36 heavy (non-hydrogen) atoms. The lowest BCUT2D eigenvalue weighted by molar-refractivity contribution is -0.122. The van der Waals surface area contributed by atoms with Crippen LogP contribution in [0.4, 0.5) is 10.1 Å². The third-order valence-corrected chi connectivity index (χ3v) is 7.20. The van der Waals surface area contributed by atoms with E-state index in [-0.39, 0.29) is 22.9 Å². The molecule has 1 amide bonds. The fourth-order valence-electron chi connectivity index (χ4n) is 4.95. The van der Waals surface area contributed by atoms with Crippen molar-refractivity contribution < 1.29 is 19.1 Å². The summed E-state index contributed by atoms with van der Waals surface area (Å²) >= 11 is 0. The largest absolute Gasteiger partial charge is 0.477 e. The standard InChI is InChI=1S/C27H37FN4O4/c1-2-3-4-5-6-7-10-29-25(33)18-30-11-13-31(14-12-30)24-16-23-20(15-22(24)28)26(34)21(27(35)36)17-32(23)19-8-9-19/h15-17,19H,2-14,18H2,1H3,(H,29,33)(H,35,36). The summed E-state index contributed by atoms with van der Waals surface area (Å²) in [4.78, 5) is 40.5. The zero-order valence-corrected chi connectivity index (χ0v) is 21.1. The van der Waals surface area contributed by atoms with E-state index >= 15 is 4.39 Å². The van der Waals surface area contributed by atoms with Crippen molar-refractivity contribution in [1.29, 1.82) is 0 Å². The van der Waals surface area contributed by atoms with Crippen molar-refractivity contribution in [2.75, 3.05) is 44.2 Å². The molecule has 1 aliphatic heterocycles. The predicted octanol–water partition coefficient (Wildman–Crippen LogP) is 3.77. The number of piperazine rings is 1. The number of hydrogen-bond acceptors (Lipinski definition) is 5. The van der Waals surface area contributed by atoms with Crippen LogP contribution in [0, 0.1) is 5.82 Å². The number of nitrogens with zero attached hydrogens (tertiary/aromatic N) is 3. The van der Waals surface area contributed by atoms with Gasteiger partial charge in [0.2, 0.25) is 11.3 Å². The molecule has 9 heteroatoms. The number of aromatic carboxylic acids is 1. The molecule has 2 fully saturated rings. The highest BCUT2D eigenvalue weighted by molar-refractivity contribution is 5.93. The molecule has 0 atom stereocenters. The fourth-order valence-corrected chi connectivity index (χ4v) is 4.95. The first-order chi connectivity index (χ1) is 17.4. The summed E-state index contributed by atoms with van der Waals surface area (Å²) in [6.07, 6.45) is 10.3. The molecule has 2 N–H and O–H groups in total. The molecule has 1 aromatic heterocycles. The predicted molar refractivity (Wildman–Crippen MR) is 138 cm³/mol. The monoisotopic (exact) mass is 500 g/mol. The summed E-state index contributed by atoms with van der Waals surface area (Å²) in [5.74, 6) is -1.81. The topological polar surface area (TPSA) is 94.9 Å². The second-order valence-electron chi connectivity index (χ2n) is 10.0. The number of pyridine rings is 1. The van der Waals surface area contributed by atoms with Crippen LogP contribution in [0.15, 0.2) is 23.1 Å². The maximum Gasteiger partial charge on any atom is 0.341 e. The Morgan fingerprint density at radius 2 is 1.75 bits per heavy atom. The van der Waals surface area contributed by atoms with Gasteiger partial charge in [-0.15, -0.1) is 0 Å². The number of fused-ring (bicyclic) bond motifs is 1. The highest BCUT2D eigenvalue weighted by Gasteiger charge is 2.28. The van der Waals surface area contributed by atoms with E-state index in [0.717, 1.165) is 25.7 Å². The van der Waals surface area contributed by atoms with E-state index < -0.39 is 17.2 Å². The number of benzene rings is 1. The molecule has 1 saturated carbocycles. The number of carbonyl (C=O) groups is 2. The minimum atomic E-state index is -1.30. The molecule has 2 aliphatic rings. The number of aromatic nitrogens is 1. The quantitative estimate of drug-likeness (QED) is 0.431. The van der Waals surface area contributed by atoms with Gasteiger partial charge in [-0.3, -0.25) is 14.5 Å². The van der Waals surface area contributed by atoms with Gasteiger partial charge in [-0.25, -0.2) is 9.18 Å². The van der Waals surface area contributed by atoms with Gasteiger partial charge in [-0.2, -0.15) is 0 Å². The first-order valence-corrected chi connectivity index (χ1v) is 13.2. The lowest BCUT2D eigenvalue weighted by atomic mass is 10.1. The number of carboxylic acids is 1. The van der Waals surface area contributed by atoms with E-state index in [9.17, 15) is 19.5 Å². The first-order valence-electron chi connectivity index (χ1n) is 13.2. The Hall–Kier alpha value is -2.94. The van der Waals surface area contributed by atoms with E-state index in [4.69, 9.17) is 0 Å². The first kappa shape index (κ1) is 26.1. The molecule has 4 rings (SSSR count). The SMILES string of the molecule is CCCCCCCCNC(=O)CN1CCN(c2cc3c(cc2F)c(=O)c(C(=O)O)cn3C2CC2)CC1. The van der Waals surface area contributed by atoms with Crippen molar-refractivity contribution in [2.24, 2.45) is 0 Å². The van der Waals surface area contributed by atoms with Crippen LogP contribution in [-0.2, 0) is 4.79 Å². The average Bonchev–Trinajstić information content (AvgIpc) is 3.69. The average molecular weight is 501 g/mol. The highest BCUT2D eigenvalue weighted by Crippen LogP contribution is 2.38. The number of amides is 1. The molecule has 196 valence electrons. The summed E-state index contributed by atoms with van der Waals surface area (Å²) in [6, 6.07) is 3.00. The molecule has 0 bridgehead atoms. The van der Waals surface area contributed by atoms with Crippen molar-refractivity contribution in [3.8, 4) is 0 Å². The molecule has 0 spiro atoms. The molecule has 2 aromatic rings. The van der Waals surface area contributed by atoms with Crippen LogP contribution >= 0.6 is 0 Å². The minimum Gasteiger partial charge on any atom is -0.477 e. The molecule has 1 saturated heterocycles. The maximum absolute atomic E-state index is 15.1. The molecule has 2 heterocycles. The van der Waals surface area contributed by atoms with Gasteiger partial charge in [0.25, 0.3) is 0 Å². The van der Waals surface area contributed by atoms with E-state index in [2.05, 4.69) is 17.1 Å². The Morgan fingerprint density at radius 3 is 2.42 bits per heavy atom. The summed E-state index contributed by atoms with van der Waals surface area (Å²) in [7, 11) is 0. The zero-order chi connectivity index (χ0) is 25.7. The third kappa shape index (κ3) is 6.24. The fraction of sp³-hybridized carbons (Fsp3) is 0.593. The Kier molecular flexibility index (Phi) is 8.61. The third-order valence-electron chi connectivity index (χ3n) is 7.20. The van der Waals surface area contributed by atoms with E-state index in [0.29, 0.717) is 50.5 Å². The Balaban J connectivity index is 1.35. The normalized spacial score (nSPS) is 16.4. The van der Waals surface area contributed by atoms with Crippen LogP contribution in [0.2, 0.25) is 0 Å². The second kappa shape index (κ2) is 11.9. The smallest absolute Gasteiger partial charge is 0.341 e. The number of unbranched alkanes of at least 4 members (excludes halogenated alkanes) is 5. The number of nitrogens with one attached hydrogen (secondary N) is 1. The second-order valence-corrected chi connectivity index (χ2v) is 10.0. The van der Waals surface area contributed by atoms with E-state index in [1.807, 2.05) is 9.47 Å². The molecular weight excluding hydrogens is 463 g/mol. The number of halogens is 1. The van der Waals surface area contributed by atoms with Crippen molar-refractivity contribution in [1.82, 2.24) is 14.8 Å². The van der Waals surface area contributed by atoms with Crippen LogP contribution in [0.1, 0.15) is 74.7 Å². The van der Waals surface area contributed by atoms with Crippen LogP contribution in [0.25, 0.3) is 10.9 Å². The number of carboxylic acid groups (broad SMARTS) is 1. The van der Waals surface area contributed by atoms with Gasteiger partial charge in [0.15, 0.2) is 0 Å². The van der Waals surface area contributed by atoms with Gasteiger partial charge in [-0.1, -0.05) is 39.0 Å². The van der Waals surface area contributed by atoms with Crippen molar-refractivity contribution in [3.63, 3.8) is 0 Å². The summed E-state index contributed by atoms with van der Waals surface area (Å²) in [5, 5.41) is 12.5. The Bertz CT molecular complexity index is 1150. The van der Waals surface area contributed by atoms with Crippen LogP contribution < -0.4 is 15.6 Å². The van der Waals surface area contributed by atoms with Crippen molar-refractivity contribution in [2.45, 2.75) is 64.3 Å². The van der Waals surface area contributed by atoms with Crippen molar-refractivity contribution in [3.05, 3.63) is 39.9 Å². The van der Waals surface area contributed by atoms with Gasteiger partial charge in [0.05, 0.1) is 17.7 Å². The number of rotatable bonds is 12. The van der Waals surface area contributed by atoms with Crippen LogP contribution in [0.5, 0.6) is 0 Å². The van der Waals surface area contributed by atoms with E-state index in [1.54, 1.807) is 6.07 Å². The molecule has 1 aliphatic carbocycles. The molecule has 0 unspecified atom stereocenters. The van der Waals surface area contributed by atoms with Gasteiger partial charge in [0, 0.05) is 50.3 Å². The van der Waals surface area contributed by atoms with Gasteiger partial charge in [-0.05, 0) is 31.4 Å². The van der Waals surface area contributed by atoms with E-state index in [1.165, 1.54) is 37.9 Å². The van der Waals surface area contributed by atoms with Crippen LogP contribution in [-0.4, -0.2) is 65.7 Å². The Labute approximate surface area is 211 Å². The van der Waals surface area contributed by atoms with Gasteiger partial charge in [0.1, 0.15) is 11.4 Å². The summed E-state index contributed by atoms with van der Waals surface area (Å²) in [5.41, 5.74) is -0.00599. The summed E-state index contributed by atoms with van der Waals surface area (Å²) in [6.45, 7) is 5.64. The lowest BCUT2D eigenvalue weighted by Gasteiger charge is -2.36. The molecule has 0 radical (unpaired) electrons. The zero-order valence-electron chi connectivity index (χ0n) is 21.1. The summed E-state index contributed by atoms with van der Waals surface area (Å²) < 4.78 is 16.9. The number of hydrogen-bond donors (Lipinski definition) is 2. The Morgan fingerprint density at radius 1 is 1.06 bits per heavy atom. The van der Waals surface area contributed by atoms with Gasteiger partial charge >= 0.3 is 5.97 Å². The van der Waals surface area contributed by atoms with Gasteiger partial charge < -0.3 is 19.9 Å². The number of anilines is 1. The molecule has 8 nitrogen and oxygen atoms in total. The molecule has 1 aromatic carbocycles. The number of carbonyl (C=O) groups excluding carboxylic acids is 1. The highest BCUT2D eigenvalue weighted by atomic mass is 19.1. The van der Waals surface area contributed by atoms with Crippen molar-refractivity contribution >= 4 is 28.5 Å².